The lowest BCUT2D eigenvalue weighted by atomic mass is 10.1. The fourth-order valence-electron chi connectivity index (χ4n) is 2.07. The lowest BCUT2D eigenvalue weighted by Gasteiger charge is -2.19. The summed E-state index contributed by atoms with van der Waals surface area (Å²) in [6.45, 7) is 6.00. The molecular weight excluding hydrogens is 296 g/mol. The fraction of sp³-hybridized carbons (Fsp3) is 0.250. The van der Waals surface area contributed by atoms with E-state index in [2.05, 4.69) is 23.5 Å². The van der Waals surface area contributed by atoms with E-state index in [0.29, 0.717) is 10.6 Å². The summed E-state index contributed by atoms with van der Waals surface area (Å²) in [4.78, 5) is 0. The number of aryl methyl sites for hydroxylation is 2. The molecular formula is C16H16Cl2FN. The van der Waals surface area contributed by atoms with Gasteiger partial charge in [0.05, 0.1) is 11.1 Å². The maximum atomic E-state index is 13.6. The number of hydrogen-bond donors (Lipinski definition) is 1. The van der Waals surface area contributed by atoms with Gasteiger partial charge in [0.25, 0.3) is 0 Å². The van der Waals surface area contributed by atoms with Crippen molar-refractivity contribution in [3.05, 3.63) is 62.9 Å². The van der Waals surface area contributed by atoms with Crippen LogP contribution in [0.2, 0.25) is 10.0 Å². The van der Waals surface area contributed by atoms with Crippen LogP contribution < -0.4 is 5.32 Å². The molecule has 0 aromatic heterocycles. The molecule has 0 bridgehead atoms. The molecule has 0 radical (unpaired) electrons. The van der Waals surface area contributed by atoms with Crippen LogP contribution in [0.5, 0.6) is 0 Å². The Labute approximate surface area is 128 Å². The van der Waals surface area contributed by atoms with Crippen molar-refractivity contribution in [3.63, 3.8) is 0 Å². The van der Waals surface area contributed by atoms with E-state index in [9.17, 15) is 4.39 Å². The summed E-state index contributed by atoms with van der Waals surface area (Å²) < 4.78 is 13.6. The fourth-order valence-corrected chi connectivity index (χ4v) is 2.62. The molecule has 2 rings (SSSR count). The summed E-state index contributed by atoms with van der Waals surface area (Å²) in [5.74, 6) is -0.458. The van der Waals surface area contributed by atoms with Crippen molar-refractivity contribution in [2.45, 2.75) is 26.8 Å². The van der Waals surface area contributed by atoms with E-state index in [1.54, 1.807) is 0 Å². The van der Waals surface area contributed by atoms with Crippen LogP contribution in [0.1, 0.15) is 29.7 Å². The summed E-state index contributed by atoms with van der Waals surface area (Å²) in [7, 11) is 0. The molecule has 1 atom stereocenters. The minimum Gasteiger partial charge on any atom is -0.378 e. The van der Waals surface area contributed by atoms with Gasteiger partial charge in [-0.2, -0.15) is 0 Å². The largest absolute Gasteiger partial charge is 0.378 e. The average Bonchev–Trinajstić information content (AvgIpc) is 2.38. The molecule has 0 spiro atoms. The number of rotatable bonds is 3. The molecule has 20 heavy (non-hydrogen) atoms. The van der Waals surface area contributed by atoms with E-state index in [0.717, 1.165) is 11.3 Å². The van der Waals surface area contributed by atoms with Gasteiger partial charge in [0.15, 0.2) is 0 Å². The molecule has 0 saturated carbocycles. The van der Waals surface area contributed by atoms with Crippen molar-refractivity contribution in [1.82, 2.24) is 0 Å². The van der Waals surface area contributed by atoms with Gasteiger partial charge >= 0.3 is 0 Å². The quantitative estimate of drug-likeness (QED) is 0.693. The normalized spacial score (nSPS) is 12.3. The van der Waals surface area contributed by atoms with Crippen LogP contribution >= 0.6 is 23.2 Å². The maximum Gasteiger partial charge on any atom is 0.142 e. The van der Waals surface area contributed by atoms with Gasteiger partial charge in [0.2, 0.25) is 0 Å². The van der Waals surface area contributed by atoms with Gasteiger partial charge < -0.3 is 5.32 Å². The highest BCUT2D eigenvalue weighted by Crippen LogP contribution is 2.31. The number of nitrogens with one attached hydrogen (secondary N) is 1. The molecule has 1 nitrogen and oxygen atoms in total. The van der Waals surface area contributed by atoms with Crippen LogP contribution in [0.25, 0.3) is 0 Å². The van der Waals surface area contributed by atoms with Crippen LogP contribution in [-0.2, 0) is 0 Å². The monoisotopic (exact) mass is 311 g/mol. The second-order valence-corrected chi connectivity index (χ2v) is 5.79. The van der Waals surface area contributed by atoms with Gasteiger partial charge in [0.1, 0.15) is 5.82 Å². The first-order chi connectivity index (χ1) is 9.38. The third-order valence-electron chi connectivity index (χ3n) is 3.27. The molecule has 0 fully saturated rings. The van der Waals surface area contributed by atoms with Crippen molar-refractivity contribution in [2.75, 3.05) is 5.32 Å². The number of benzene rings is 2. The summed E-state index contributed by atoms with van der Waals surface area (Å²) in [6, 6.07) is 8.87. The molecule has 0 saturated heterocycles. The highest BCUT2D eigenvalue weighted by Gasteiger charge is 2.14. The summed E-state index contributed by atoms with van der Waals surface area (Å²) in [6.07, 6.45) is 0. The zero-order chi connectivity index (χ0) is 14.9. The highest BCUT2D eigenvalue weighted by molar-refractivity contribution is 6.35. The zero-order valence-electron chi connectivity index (χ0n) is 11.6. The van der Waals surface area contributed by atoms with Gasteiger partial charge in [-0.3, -0.25) is 0 Å². The van der Waals surface area contributed by atoms with Crippen LogP contribution in [0, 0.1) is 19.7 Å². The Morgan fingerprint density at radius 1 is 1.05 bits per heavy atom. The number of hydrogen-bond acceptors (Lipinski definition) is 1. The predicted molar refractivity (Wildman–Crippen MR) is 84.4 cm³/mol. The Kier molecular flexibility index (Phi) is 4.56. The van der Waals surface area contributed by atoms with Gasteiger partial charge in [-0.15, -0.1) is 0 Å². The van der Waals surface area contributed by atoms with Gasteiger partial charge in [0, 0.05) is 10.7 Å². The van der Waals surface area contributed by atoms with Crippen molar-refractivity contribution in [3.8, 4) is 0 Å². The molecule has 2 aromatic rings. The molecule has 2 aromatic carbocycles. The number of anilines is 1. The van der Waals surface area contributed by atoms with E-state index in [1.807, 2.05) is 20.8 Å². The van der Waals surface area contributed by atoms with E-state index in [1.165, 1.54) is 17.7 Å². The van der Waals surface area contributed by atoms with E-state index in [-0.39, 0.29) is 11.1 Å². The first kappa shape index (κ1) is 15.1. The van der Waals surface area contributed by atoms with E-state index < -0.39 is 5.82 Å². The van der Waals surface area contributed by atoms with E-state index in [4.69, 9.17) is 23.2 Å². The average molecular weight is 312 g/mol. The molecule has 106 valence electrons. The second-order valence-electron chi connectivity index (χ2n) is 4.97. The maximum absolute atomic E-state index is 13.6. The third kappa shape index (κ3) is 3.25. The van der Waals surface area contributed by atoms with Crippen LogP contribution in [0.15, 0.2) is 30.3 Å². The van der Waals surface area contributed by atoms with Crippen molar-refractivity contribution >= 4 is 28.9 Å². The predicted octanol–water partition coefficient (Wildman–Crippen LogP) is 5.92. The SMILES string of the molecule is Cc1ccc(C)c(NC(C)c2cc(F)c(Cl)cc2Cl)c1. The lowest BCUT2D eigenvalue weighted by molar-refractivity contribution is 0.624. The Balaban J connectivity index is 2.30. The Morgan fingerprint density at radius 2 is 1.75 bits per heavy atom. The molecule has 4 heteroatoms. The Hall–Kier alpha value is -1.25. The molecule has 1 N–H and O–H groups in total. The summed E-state index contributed by atoms with van der Waals surface area (Å²) >= 11 is 11.9. The van der Waals surface area contributed by atoms with Crippen LogP contribution in [-0.4, -0.2) is 0 Å². The minimum absolute atomic E-state index is 0.0395. The van der Waals surface area contributed by atoms with Crippen molar-refractivity contribution < 1.29 is 4.39 Å². The Bertz CT molecular complexity index is 641. The third-order valence-corrected chi connectivity index (χ3v) is 3.89. The van der Waals surface area contributed by atoms with Gasteiger partial charge in [-0.05, 0) is 55.7 Å². The molecule has 0 amide bonds. The number of halogens is 3. The first-order valence-electron chi connectivity index (χ1n) is 6.36. The van der Waals surface area contributed by atoms with Crippen LogP contribution in [0.4, 0.5) is 10.1 Å². The summed E-state index contributed by atoms with van der Waals surface area (Å²) in [5, 5.41) is 3.86. The van der Waals surface area contributed by atoms with Crippen molar-refractivity contribution in [1.29, 1.82) is 0 Å². The summed E-state index contributed by atoms with van der Waals surface area (Å²) in [5.41, 5.74) is 4.00. The second kappa shape index (κ2) is 6.02. The topological polar surface area (TPSA) is 12.0 Å². The lowest BCUT2D eigenvalue weighted by Crippen LogP contribution is -2.09. The van der Waals surface area contributed by atoms with Crippen molar-refractivity contribution in [2.24, 2.45) is 0 Å². The minimum atomic E-state index is -0.458. The highest BCUT2D eigenvalue weighted by atomic mass is 35.5. The van der Waals surface area contributed by atoms with E-state index >= 15 is 0 Å². The molecule has 0 aliphatic carbocycles. The zero-order valence-corrected chi connectivity index (χ0v) is 13.1. The first-order valence-corrected chi connectivity index (χ1v) is 7.12. The van der Waals surface area contributed by atoms with Gasteiger partial charge in [-0.1, -0.05) is 35.3 Å². The standard InChI is InChI=1S/C16H16Cl2FN/c1-9-4-5-10(2)16(6-9)20-11(3)12-7-15(19)14(18)8-13(12)17/h4-8,11,20H,1-3H3. The van der Waals surface area contributed by atoms with Crippen LogP contribution in [0.3, 0.4) is 0 Å². The molecule has 0 aliphatic heterocycles. The molecule has 1 unspecified atom stereocenters. The smallest absolute Gasteiger partial charge is 0.142 e. The Morgan fingerprint density at radius 3 is 2.45 bits per heavy atom. The molecule has 0 aliphatic rings. The molecule has 0 heterocycles. The van der Waals surface area contributed by atoms with Gasteiger partial charge in [-0.25, -0.2) is 4.39 Å².